The van der Waals surface area contributed by atoms with Gasteiger partial charge in [0.25, 0.3) is 0 Å². The second kappa shape index (κ2) is 5.66. The maximum atomic E-state index is 4.72. The molecule has 2 aromatic heterocycles. The number of thiazole rings is 1. The minimum absolute atomic E-state index is 0.0475. The van der Waals surface area contributed by atoms with Gasteiger partial charge >= 0.3 is 0 Å². The Morgan fingerprint density at radius 1 is 0.900 bits per heavy atom. The van der Waals surface area contributed by atoms with Crippen LogP contribution in [0.5, 0.6) is 0 Å². The lowest BCUT2D eigenvalue weighted by Crippen LogP contribution is -2.12. The number of halogens is 1. The van der Waals surface area contributed by atoms with Crippen molar-refractivity contribution in [2.75, 3.05) is 0 Å². The topological polar surface area (TPSA) is 38.7 Å². The SMILES string of the molecule is CC(C)(C)c1nnc(Sc2nc(C(C)(C)C)c(Br)s2)s1. The van der Waals surface area contributed by atoms with Crippen molar-refractivity contribution in [3.63, 3.8) is 0 Å². The number of hydrogen-bond acceptors (Lipinski definition) is 6. The smallest absolute Gasteiger partial charge is 0.181 e. The second-order valence-corrected chi connectivity index (χ2v) is 11.4. The molecule has 0 radical (unpaired) electrons. The van der Waals surface area contributed by atoms with Crippen molar-refractivity contribution in [2.45, 2.75) is 61.1 Å². The van der Waals surface area contributed by atoms with Crippen molar-refractivity contribution in [3.8, 4) is 0 Å². The molecule has 0 unspecified atom stereocenters. The predicted molar refractivity (Wildman–Crippen MR) is 91.2 cm³/mol. The highest BCUT2D eigenvalue weighted by atomic mass is 79.9. The molecule has 0 aromatic carbocycles. The maximum absolute atomic E-state index is 4.72. The van der Waals surface area contributed by atoms with Gasteiger partial charge in [0, 0.05) is 10.8 Å². The molecule has 110 valence electrons. The van der Waals surface area contributed by atoms with Gasteiger partial charge in [0.15, 0.2) is 8.68 Å². The lowest BCUT2D eigenvalue weighted by molar-refractivity contribution is 0.566. The summed E-state index contributed by atoms with van der Waals surface area (Å²) in [6.07, 6.45) is 0. The molecule has 2 rings (SSSR count). The van der Waals surface area contributed by atoms with Gasteiger partial charge in [-0.1, -0.05) is 64.2 Å². The van der Waals surface area contributed by atoms with Crippen LogP contribution in [0.3, 0.4) is 0 Å². The molecular weight excluding hydrogens is 374 g/mol. The van der Waals surface area contributed by atoms with Crippen LogP contribution in [0.2, 0.25) is 0 Å². The van der Waals surface area contributed by atoms with Gasteiger partial charge in [-0.25, -0.2) is 4.98 Å². The van der Waals surface area contributed by atoms with Crippen LogP contribution in [0.25, 0.3) is 0 Å². The second-order valence-electron chi connectivity index (χ2n) is 6.58. The summed E-state index contributed by atoms with van der Waals surface area (Å²) in [6, 6.07) is 0. The fourth-order valence-electron chi connectivity index (χ4n) is 1.42. The molecule has 3 nitrogen and oxygen atoms in total. The number of hydrogen-bond donors (Lipinski definition) is 0. The molecule has 0 N–H and O–H groups in total. The van der Waals surface area contributed by atoms with Crippen molar-refractivity contribution >= 4 is 50.4 Å². The van der Waals surface area contributed by atoms with E-state index in [1.54, 1.807) is 34.4 Å². The molecule has 2 heterocycles. The Balaban J connectivity index is 2.21. The van der Waals surface area contributed by atoms with Crippen molar-refractivity contribution in [3.05, 3.63) is 14.5 Å². The van der Waals surface area contributed by atoms with E-state index in [0.717, 1.165) is 23.2 Å². The van der Waals surface area contributed by atoms with E-state index in [2.05, 4.69) is 67.7 Å². The predicted octanol–water partition coefficient (Wildman–Crippen LogP) is 5.50. The highest BCUT2D eigenvalue weighted by molar-refractivity contribution is 9.11. The molecular formula is C13H18BrN3S3. The number of nitrogens with zero attached hydrogens (tertiary/aromatic N) is 3. The van der Waals surface area contributed by atoms with E-state index in [1.165, 1.54) is 0 Å². The Morgan fingerprint density at radius 3 is 2.00 bits per heavy atom. The van der Waals surface area contributed by atoms with Crippen LogP contribution in [0.15, 0.2) is 12.5 Å². The number of aromatic nitrogens is 3. The first-order chi connectivity index (χ1) is 9.07. The Morgan fingerprint density at radius 2 is 1.55 bits per heavy atom. The van der Waals surface area contributed by atoms with Crippen LogP contribution in [0, 0.1) is 0 Å². The Bertz CT molecular complexity index is 605. The summed E-state index contributed by atoms with van der Waals surface area (Å²) in [6.45, 7) is 13.0. The summed E-state index contributed by atoms with van der Waals surface area (Å²) < 4.78 is 3.07. The summed E-state index contributed by atoms with van der Waals surface area (Å²) in [5.74, 6) is 0. The van der Waals surface area contributed by atoms with Crippen molar-refractivity contribution in [1.82, 2.24) is 15.2 Å². The third kappa shape index (κ3) is 3.81. The van der Waals surface area contributed by atoms with Crippen LogP contribution in [-0.2, 0) is 10.8 Å². The first kappa shape index (κ1) is 16.4. The molecule has 20 heavy (non-hydrogen) atoms. The first-order valence-corrected chi connectivity index (χ1v) is 9.50. The molecule has 2 aromatic rings. The standard InChI is InChI=1S/C13H18BrN3S3/c1-12(2,3)7-8(14)18-10(15-7)20-11-17-16-9(19-11)13(4,5)6/h1-6H3. The van der Waals surface area contributed by atoms with Gasteiger partial charge in [0.05, 0.1) is 9.48 Å². The zero-order valence-electron chi connectivity index (χ0n) is 12.4. The van der Waals surface area contributed by atoms with E-state index in [1.807, 2.05) is 0 Å². The quantitative estimate of drug-likeness (QED) is 0.676. The lowest BCUT2D eigenvalue weighted by Gasteiger charge is -2.15. The third-order valence-corrected chi connectivity index (χ3v) is 6.66. The third-order valence-electron chi connectivity index (χ3n) is 2.50. The van der Waals surface area contributed by atoms with Gasteiger partial charge in [-0.2, -0.15) is 0 Å². The molecule has 0 aliphatic carbocycles. The molecule has 7 heteroatoms. The summed E-state index contributed by atoms with van der Waals surface area (Å²) in [4.78, 5) is 4.72. The summed E-state index contributed by atoms with van der Waals surface area (Å²) in [7, 11) is 0. The summed E-state index contributed by atoms with van der Waals surface area (Å²) >= 11 is 8.52. The minimum Gasteiger partial charge on any atom is -0.232 e. The molecule has 0 saturated carbocycles. The molecule has 0 aliphatic heterocycles. The Labute approximate surface area is 140 Å². The fraction of sp³-hybridized carbons (Fsp3) is 0.615. The highest BCUT2D eigenvalue weighted by Gasteiger charge is 2.24. The van der Waals surface area contributed by atoms with Gasteiger partial charge in [0.1, 0.15) is 5.01 Å². The van der Waals surface area contributed by atoms with E-state index >= 15 is 0 Å². The summed E-state index contributed by atoms with van der Waals surface area (Å²) in [5, 5.41) is 9.60. The van der Waals surface area contributed by atoms with Gasteiger partial charge in [0.2, 0.25) is 0 Å². The van der Waals surface area contributed by atoms with Gasteiger partial charge in [-0.15, -0.1) is 10.2 Å². The molecule has 0 aliphatic rings. The Kier molecular flexibility index (Phi) is 4.64. The Hall–Kier alpha value is 0.0200. The minimum atomic E-state index is 0.0475. The molecule has 0 saturated heterocycles. The molecule has 0 amide bonds. The monoisotopic (exact) mass is 391 g/mol. The van der Waals surface area contributed by atoms with Gasteiger partial charge in [-0.05, 0) is 27.7 Å². The maximum Gasteiger partial charge on any atom is 0.181 e. The van der Waals surface area contributed by atoms with Gasteiger partial charge in [-0.3, -0.25) is 0 Å². The summed E-state index contributed by atoms with van der Waals surface area (Å²) in [5.41, 5.74) is 1.20. The van der Waals surface area contributed by atoms with Gasteiger partial charge < -0.3 is 0 Å². The van der Waals surface area contributed by atoms with E-state index in [4.69, 9.17) is 4.98 Å². The largest absolute Gasteiger partial charge is 0.232 e. The van der Waals surface area contributed by atoms with E-state index in [0.29, 0.717) is 0 Å². The van der Waals surface area contributed by atoms with E-state index in [9.17, 15) is 0 Å². The average Bonchev–Trinajstić information content (AvgIpc) is 2.84. The van der Waals surface area contributed by atoms with E-state index in [-0.39, 0.29) is 10.8 Å². The van der Waals surface area contributed by atoms with Crippen molar-refractivity contribution < 1.29 is 0 Å². The van der Waals surface area contributed by atoms with Crippen molar-refractivity contribution in [2.24, 2.45) is 0 Å². The highest BCUT2D eigenvalue weighted by Crippen LogP contribution is 2.41. The zero-order valence-corrected chi connectivity index (χ0v) is 16.5. The number of rotatable bonds is 2. The van der Waals surface area contributed by atoms with Crippen molar-refractivity contribution in [1.29, 1.82) is 0 Å². The zero-order chi connectivity index (χ0) is 15.1. The van der Waals surface area contributed by atoms with Crippen LogP contribution >= 0.6 is 50.4 Å². The fourth-order valence-corrected chi connectivity index (χ4v) is 6.08. The molecule has 0 spiro atoms. The van der Waals surface area contributed by atoms with Crippen LogP contribution in [0.1, 0.15) is 52.2 Å². The van der Waals surface area contributed by atoms with Crippen LogP contribution in [0.4, 0.5) is 0 Å². The van der Waals surface area contributed by atoms with Crippen LogP contribution in [-0.4, -0.2) is 15.2 Å². The molecule has 0 atom stereocenters. The molecule has 0 bridgehead atoms. The average molecular weight is 392 g/mol. The first-order valence-electron chi connectivity index (χ1n) is 6.26. The normalized spacial score (nSPS) is 12.9. The van der Waals surface area contributed by atoms with Crippen LogP contribution < -0.4 is 0 Å². The lowest BCUT2D eigenvalue weighted by atomic mass is 9.93. The molecule has 0 fully saturated rings. The van der Waals surface area contributed by atoms with E-state index < -0.39 is 0 Å².